The molecule has 0 fully saturated rings. The zero-order valence-electron chi connectivity index (χ0n) is 10.5. The highest BCUT2D eigenvalue weighted by Gasteiger charge is 2.35. The van der Waals surface area contributed by atoms with Gasteiger partial charge in [-0.1, -0.05) is 37.2 Å². The smallest absolute Gasteiger partial charge is 0.381 e. The van der Waals surface area contributed by atoms with E-state index in [0.717, 1.165) is 6.07 Å². The summed E-state index contributed by atoms with van der Waals surface area (Å²) >= 11 is 0. The molecular formula is C13H13F3N2O. The van der Waals surface area contributed by atoms with Crippen molar-refractivity contribution < 1.29 is 17.7 Å². The zero-order valence-corrected chi connectivity index (χ0v) is 10.5. The Hall–Kier alpha value is -1.98. The molecule has 0 bridgehead atoms. The van der Waals surface area contributed by atoms with E-state index in [0.29, 0.717) is 5.56 Å². The fraction of sp³-hybridized carbons (Fsp3) is 0.308. The lowest BCUT2D eigenvalue weighted by Crippen LogP contribution is -2.07. The van der Waals surface area contributed by atoms with Crippen molar-refractivity contribution in [1.29, 1.82) is 0 Å². The van der Waals surface area contributed by atoms with Gasteiger partial charge in [-0.15, -0.1) is 0 Å². The third kappa shape index (κ3) is 2.43. The quantitative estimate of drug-likeness (QED) is 0.895. The number of rotatable bonds is 2. The first-order valence-corrected chi connectivity index (χ1v) is 5.74. The maximum Gasteiger partial charge on any atom is 0.417 e. The number of nitrogen functional groups attached to an aromatic ring is 1. The number of nitrogens with two attached hydrogens (primary N) is 1. The standard InChI is InChI=1S/C13H13F3N2O/c1-7(2)10-11(19-18-12(10)17)8-5-3-4-6-9(8)13(14,15)16/h3-7H,1-2H3,(H2,17,18). The summed E-state index contributed by atoms with van der Waals surface area (Å²) in [7, 11) is 0. The molecule has 3 nitrogen and oxygen atoms in total. The van der Waals surface area contributed by atoms with Gasteiger partial charge < -0.3 is 10.3 Å². The average Bonchev–Trinajstić information content (AvgIpc) is 2.70. The topological polar surface area (TPSA) is 52.0 Å². The highest BCUT2D eigenvalue weighted by Crippen LogP contribution is 2.40. The van der Waals surface area contributed by atoms with Crippen molar-refractivity contribution in [3.8, 4) is 11.3 Å². The molecule has 2 aromatic rings. The Morgan fingerprint density at radius 2 is 1.84 bits per heavy atom. The number of anilines is 1. The van der Waals surface area contributed by atoms with E-state index in [-0.39, 0.29) is 23.1 Å². The van der Waals surface area contributed by atoms with Crippen LogP contribution in [-0.4, -0.2) is 5.16 Å². The summed E-state index contributed by atoms with van der Waals surface area (Å²) in [4.78, 5) is 0. The van der Waals surface area contributed by atoms with Crippen molar-refractivity contribution in [1.82, 2.24) is 5.16 Å². The van der Waals surface area contributed by atoms with Gasteiger partial charge in [-0.2, -0.15) is 13.2 Å². The lowest BCUT2D eigenvalue weighted by molar-refractivity contribution is -0.137. The number of nitrogens with zero attached hydrogens (tertiary/aromatic N) is 1. The minimum Gasteiger partial charge on any atom is -0.381 e. The van der Waals surface area contributed by atoms with Crippen molar-refractivity contribution >= 4 is 5.82 Å². The third-order valence-corrected chi connectivity index (χ3v) is 2.81. The molecule has 102 valence electrons. The molecule has 0 amide bonds. The molecule has 0 saturated heterocycles. The summed E-state index contributed by atoms with van der Waals surface area (Å²) in [6, 6.07) is 5.22. The van der Waals surface area contributed by atoms with Crippen molar-refractivity contribution in [3.05, 3.63) is 35.4 Å². The van der Waals surface area contributed by atoms with E-state index in [1.54, 1.807) is 0 Å². The molecule has 0 unspecified atom stereocenters. The van der Waals surface area contributed by atoms with E-state index in [4.69, 9.17) is 10.3 Å². The first-order chi connectivity index (χ1) is 8.82. The van der Waals surface area contributed by atoms with Gasteiger partial charge in [-0.3, -0.25) is 0 Å². The third-order valence-electron chi connectivity index (χ3n) is 2.81. The zero-order chi connectivity index (χ0) is 14.2. The van der Waals surface area contributed by atoms with Gasteiger partial charge in [-0.05, 0) is 12.0 Å². The molecule has 19 heavy (non-hydrogen) atoms. The summed E-state index contributed by atoms with van der Waals surface area (Å²) in [5.41, 5.74) is 5.35. The van der Waals surface area contributed by atoms with Crippen molar-refractivity contribution in [2.75, 3.05) is 5.73 Å². The van der Waals surface area contributed by atoms with Crippen LogP contribution in [0.25, 0.3) is 11.3 Å². The van der Waals surface area contributed by atoms with Gasteiger partial charge >= 0.3 is 6.18 Å². The molecule has 0 spiro atoms. The van der Waals surface area contributed by atoms with Crippen LogP contribution in [0.4, 0.5) is 19.0 Å². The second kappa shape index (κ2) is 4.60. The van der Waals surface area contributed by atoms with Gasteiger partial charge in [-0.25, -0.2) is 0 Å². The number of alkyl halides is 3. The molecule has 6 heteroatoms. The maximum absolute atomic E-state index is 13.0. The van der Waals surface area contributed by atoms with Crippen LogP contribution >= 0.6 is 0 Å². The van der Waals surface area contributed by atoms with Crippen LogP contribution in [0.1, 0.15) is 30.9 Å². The van der Waals surface area contributed by atoms with E-state index in [9.17, 15) is 13.2 Å². The van der Waals surface area contributed by atoms with E-state index in [2.05, 4.69) is 5.16 Å². The maximum atomic E-state index is 13.0. The SMILES string of the molecule is CC(C)c1c(N)noc1-c1ccccc1C(F)(F)F. The van der Waals surface area contributed by atoms with Crippen molar-refractivity contribution in [3.63, 3.8) is 0 Å². The largest absolute Gasteiger partial charge is 0.417 e. The van der Waals surface area contributed by atoms with E-state index in [1.807, 2.05) is 13.8 Å². The predicted molar refractivity (Wildman–Crippen MR) is 65.4 cm³/mol. The summed E-state index contributed by atoms with van der Waals surface area (Å²) in [6.07, 6.45) is -4.45. The lowest BCUT2D eigenvalue weighted by Gasteiger charge is -2.12. The molecule has 1 heterocycles. The molecule has 2 rings (SSSR count). The number of aromatic nitrogens is 1. The number of hydrogen-bond acceptors (Lipinski definition) is 3. The highest BCUT2D eigenvalue weighted by atomic mass is 19.4. The Labute approximate surface area is 108 Å². The van der Waals surface area contributed by atoms with E-state index >= 15 is 0 Å². The van der Waals surface area contributed by atoms with Gasteiger partial charge in [0.1, 0.15) is 0 Å². The first-order valence-electron chi connectivity index (χ1n) is 5.74. The molecule has 0 aliphatic rings. The summed E-state index contributed by atoms with van der Waals surface area (Å²) in [6.45, 7) is 3.64. The first kappa shape index (κ1) is 13.5. The van der Waals surface area contributed by atoms with Gasteiger partial charge in [0.05, 0.1) is 5.56 Å². The van der Waals surface area contributed by atoms with Gasteiger partial charge in [0.2, 0.25) is 0 Å². The minimum atomic E-state index is -4.45. The fourth-order valence-electron chi connectivity index (χ4n) is 1.99. The second-order valence-corrected chi connectivity index (χ2v) is 4.51. The van der Waals surface area contributed by atoms with Crippen molar-refractivity contribution in [2.45, 2.75) is 25.9 Å². The van der Waals surface area contributed by atoms with E-state index < -0.39 is 11.7 Å². The Balaban J connectivity index is 2.67. The average molecular weight is 270 g/mol. The molecule has 0 radical (unpaired) electrons. The summed E-state index contributed by atoms with van der Waals surface area (Å²) < 4.78 is 43.9. The van der Waals surface area contributed by atoms with Crippen LogP contribution < -0.4 is 5.73 Å². The molecule has 2 N–H and O–H groups in total. The van der Waals surface area contributed by atoms with Crippen LogP contribution in [0, 0.1) is 0 Å². The van der Waals surface area contributed by atoms with Gasteiger partial charge in [0.25, 0.3) is 0 Å². The summed E-state index contributed by atoms with van der Waals surface area (Å²) in [5.74, 6) is 0.130. The van der Waals surface area contributed by atoms with Gasteiger partial charge in [0.15, 0.2) is 11.6 Å². The van der Waals surface area contributed by atoms with Crippen LogP contribution in [0.5, 0.6) is 0 Å². The molecule has 1 aromatic heterocycles. The molecular weight excluding hydrogens is 257 g/mol. The Bertz CT molecular complexity index is 588. The number of halogens is 3. The Morgan fingerprint density at radius 1 is 1.21 bits per heavy atom. The van der Waals surface area contributed by atoms with E-state index in [1.165, 1.54) is 18.2 Å². The van der Waals surface area contributed by atoms with Crippen molar-refractivity contribution in [2.24, 2.45) is 0 Å². The predicted octanol–water partition coefficient (Wildman–Crippen LogP) is 4.07. The second-order valence-electron chi connectivity index (χ2n) is 4.51. The Morgan fingerprint density at radius 3 is 2.42 bits per heavy atom. The number of hydrogen-bond donors (Lipinski definition) is 1. The number of benzene rings is 1. The molecule has 0 saturated carbocycles. The minimum absolute atomic E-state index is 0.0390. The van der Waals surface area contributed by atoms with Crippen LogP contribution in [0.3, 0.4) is 0 Å². The lowest BCUT2D eigenvalue weighted by atomic mass is 9.96. The van der Waals surface area contributed by atoms with Crippen LogP contribution in [-0.2, 0) is 6.18 Å². The Kier molecular flexibility index (Phi) is 3.26. The van der Waals surface area contributed by atoms with Crippen LogP contribution in [0.2, 0.25) is 0 Å². The molecule has 0 aliphatic heterocycles. The molecule has 0 atom stereocenters. The molecule has 0 aliphatic carbocycles. The normalized spacial score (nSPS) is 12.1. The highest BCUT2D eigenvalue weighted by molar-refractivity contribution is 5.70. The van der Waals surface area contributed by atoms with Crippen LogP contribution in [0.15, 0.2) is 28.8 Å². The van der Waals surface area contributed by atoms with Gasteiger partial charge in [0, 0.05) is 11.1 Å². The molecule has 1 aromatic carbocycles. The fourth-order valence-corrected chi connectivity index (χ4v) is 1.99. The summed E-state index contributed by atoms with van der Waals surface area (Å²) in [5, 5.41) is 3.57. The monoisotopic (exact) mass is 270 g/mol.